The highest BCUT2D eigenvalue weighted by Crippen LogP contribution is 2.38. The van der Waals surface area contributed by atoms with Crippen molar-refractivity contribution in [2.24, 2.45) is 17.6 Å². The molecule has 1 saturated carbocycles. The van der Waals surface area contributed by atoms with Crippen LogP contribution in [0, 0.1) is 18.8 Å². The van der Waals surface area contributed by atoms with E-state index in [0.717, 1.165) is 18.4 Å². The molecular weight excluding hydrogens is 560 g/mol. The smallest absolute Gasteiger partial charge is 0.332 e. The van der Waals surface area contributed by atoms with E-state index in [1.807, 2.05) is 31.2 Å². The summed E-state index contributed by atoms with van der Waals surface area (Å²) in [5, 5.41) is 0.448. The minimum absolute atomic E-state index is 0.00690. The molecule has 42 heavy (non-hydrogen) atoms. The summed E-state index contributed by atoms with van der Waals surface area (Å²) in [5.41, 5.74) is 6.20. The summed E-state index contributed by atoms with van der Waals surface area (Å²) < 4.78 is 26.4. The predicted molar refractivity (Wildman–Crippen MR) is 157 cm³/mol. The lowest BCUT2D eigenvalue weighted by Crippen LogP contribution is -2.45. The molecule has 4 aromatic rings. The van der Waals surface area contributed by atoms with E-state index in [9.17, 15) is 14.4 Å². The largest absolute Gasteiger partial charge is 0.496 e. The van der Waals surface area contributed by atoms with Crippen LogP contribution in [-0.4, -0.2) is 46.5 Å². The Kier molecular flexibility index (Phi) is 8.02. The third kappa shape index (κ3) is 5.30. The van der Waals surface area contributed by atoms with E-state index in [-0.39, 0.29) is 42.5 Å². The molecule has 3 aromatic heterocycles. The maximum absolute atomic E-state index is 14.2. The zero-order chi connectivity index (χ0) is 29.4. The maximum atomic E-state index is 14.2. The van der Waals surface area contributed by atoms with Gasteiger partial charge in [-0.1, -0.05) is 18.2 Å². The highest BCUT2D eigenvalue weighted by Gasteiger charge is 2.35. The number of aryl methyl sites for hydroxylation is 1. The van der Waals surface area contributed by atoms with Crippen LogP contribution >= 0.6 is 11.3 Å². The molecule has 222 valence electrons. The van der Waals surface area contributed by atoms with Gasteiger partial charge in [-0.15, -0.1) is 11.3 Å². The highest BCUT2D eigenvalue weighted by atomic mass is 32.1. The molecule has 0 bridgehead atoms. The van der Waals surface area contributed by atoms with Crippen molar-refractivity contribution in [3.63, 3.8) is 0 Å². The van der Waals surface area contributed by atoms with E-state index in [2.05, 4.69) is 4.98 Å². The van der Waals surface area contributed by atoms with E-state index in [0.29, 0.717) is 58.4 Å². The quantitative estimate of drug-likeness (QED) is 0.293. The van der Waals surface area contributed by atoms with Crippen molar-refractivity contribution < 1.29 is 23.4 Å². The number of nitrogens with zero attached hydrogens (tertiary/aromatic N) is 3. The standard InChI is InChI=1S/C30H34N4O7S/c1-17-24-28(36)33(15-18-13-19(14-18)26(31)35)30(37)34(29(24)42-25(17)27-32-9-12-40-27)16-23(41-20-7-10-39-11-8-20)21-5-3-4-6-22(21)38-2/h3-6,9,12,18-20,23H,7-8,10-11,13-16H2,1-2H3,(H2,31,35)/t18?,19?,23-/m1/s1. The number of para-hydroxylation sites is 1. The first-order valence-electron chi connectivity index (χ1n) is 14.2. The molecule has 2 fully saturated rings. The van der Waals surface area contributed by atoms with Crippen LogP contribution in [0.2, 0.25) is 0 Å². The van der Waals surface area contributed by atoms with Crippen LogP contribution in [0.5, 0.6) is 5.75 Å². The number of ether oxygens (including phenoxy) is 3. The summed E-state index contributed by atoms with van der Waals surface area (Å²) >= 11 is 1.31. The Morgan fingerprint density at radius 3 is 2.64 bits per heavy atom. The summed E-state index contributed by atoms with van der Waals surface area (Å²) in [4.78, 5) is 45.3. The van der Waals surface area contributed by atoms with Gasteiger partial charge in [0, 0.05) is 31.2 Å². The SMILES string of the molecule is COc1ccccc1[C@@H](Cn1c(=O)n(CC2CC(C(N)=O)C2)c(=O)c2c(C)c(-c3ncco3)sc21)OC1CCOCC1. The van der Waals surface area contributed by atoms with E-state index in [1.54, 1.807) is 17.9 Å². The molecule has 12 heteroatoms. The first-order chi connectivity index (χ1) is 20.4. The number of hydrogen-bond donors (Lipinski definition) is 1. The van der Waals surface area contributed by atoms with Crippen LogP contribution in [0.1, 0.15) is 42.9 Å². The van der Waals surface area contributed by atoms with E-state index in [1.165, 1.54) is 22.2 Å². The normalized spacial score (nSPS) is 20.0. The van der Waals surface area contributed by atoms with Gasteiger partial charge in [0.15, 0.2) is 0 Å². The van der Waals surface area contributed by atoms with Crippen molar-refractivity contribution in [2.75, 3.05) is 20.3 Å². The van der Waals surface area contributed by atoms with E-state index >= 15 is 0 Å². The van der Waals surface area contributed by atoms with Crippen LogP contribution in [0.4, 0.5) is 0 Å². The van der Waals surface area contributed by atoms with Crippen molar-refractivity contribution in [1.29, 1.82) is 0 Å². The molecule has 2 aliphatic rings. The van der Waals surface area contributed by atoms with Gasteiger partial charge < -0.3 is 24.4 Å². The number of fused-ring (bicyclic) bond motifs is 1. The highest BCUT2D eigenvalue weighted by molar-refractivity contribution is 7.22. The summed E-state index contributed by atoms with van der Waals surface area (Å²) in [6.45, 7) is 3.43. The molecule has 0 spiro atoms. The fourth-order valence-corrected chi connectivity index (χ4v) is 7.23. The minimum atomic E-state index is -0.536. The maximum Gasteiger partial charge on any atom is 0.332 e. The van der Waals surface area contributed by atoms with E-state index in [4.69, 9.17) is 24.4 Å². The fourth-order valence-electron chi connectivity index (χ4n) is 5.99. The van der Waals surface area contributed by atoms with Gasteiger partial charge >= 0.3 is 5.69 Å². The Bertz CT molecular complexity index is 1690. The number of benzene rings is 1. The summed E-state index contributed by atoms with van der Waals surface area (Å²) in [6.07, 6.45) is 5.03. The molecule has 1 aliphatic carbocycles. The Labute approximate surface area is 245 Å². The Hall–Kier alpha value is -3.74. The lowest BCUT2D eigenvalue weighted by molar-refractivity contribution is -0.125. The van der Waals surface area contributed by atoms with Crippen LogP contribution in [0.25, 0.3) is 21.0 Å². The number of hydrogen-bond acceptors (Lipinski definition) is 9. The molecule has 6 rings (SSSR count). The molecule has 1 saturated heterocycles. The molecular formula is C30H34N4O7S. The number of oxazole rings is 1. The van der Waals surface area contributed by atoms with Crippen molar-refractivity contribution in [3.05, 3.63) is 68.7 Å². The van der Waals surface area contributed by atoms with Gasteiger partial charge in [-0.25, -0.2) is 9.78 Å². The second-order valence-corrected chi connectivity index (χ2v) is 12.0. The fraction of sp³-hybridized carbons (Fsp3) is 0.467. The number of nitrogens with two attached hydrogens (primary N) is 1. The number of aromatic nitrogens is 3. The van der Waals surface area contributed by atoms with Crippen molar-refractivity contribution in [3.8, 4) is 16.5 Å². The molecule has 4 heterocycles. The molecule has 1 amide bonds. The Morgan fingerprint density at radius 1 is 1.19 bits per heavy atom. The first kappa shape index (κ1) is 28.4. The van der Waals surface area contributed by atoms with Crippen LogP contribution in [0.15, 0.2) is 50.7 Å². The Morgan fingerprint density at radius 2 is 1.95 bits per heavy atom. The second-order valence-electron chi connectivity index (χ2n) is 11.0. The van der Waals surface area contributed by atoms with Crippen LogP contribution < -0.4 is 21.7 Å². The van der Waals surface area contributed by atoms with Crippen LogP contribution in [-0.2, 0) is 27.4 Å². The number of rotatable bonds is 10. The molecule has 1 atom stereocenters. The molecule has 0 unspecified atom stereocenters. The molecule has 1 aromatic carbocycles. The lowest BCUT2D eigenvalue weighted by Gasteiger charge is -2.33. The van der Waals surface area contributed by atoms with Gasteiger partial charge in [0.05, 0.1) is 36.2 Å². The average molecular weight is 595 g/mol. The van der Waals surface area contributed by atoms with Gasteiger partial charge in [-0.3, -0.25) is 18.7 Å². The van der Waals surface area contributed by atoms with Crippen LogP contribution in [0.3, 0.4) is 0 Å². The minimum Gasteiger partial charge on any atom is -0.496 e. The number of primary amides is 1. The van der Waals surface area contributed by atoms with E-state index < -0.39 is 11.8 Å². The average Bonchev–Trinajstić information content (AvgIpc) is 3.62. The topological polar surface area (TPSA) is 141 Å². The monoisotopic (exact) mass is 594 g/mol. The number of carbonyl (C=O) groups excluding carboxylic acids is 1. The summed E-state index contributed by atoms with van der Waals surface area (Å²) in [6, 6.07) is 7.62. The number of thiophene rings is 1. The number of amides is 1. The summed E-state index contributed by atoms with van der Waals surface area (Å²) in [7, 11) is 1.61. The van der Waals surface area contributed by atoms with Gasteiger partial charge in [0.2, 0.25) is 11.8 Å². The van der Waals surface area contributed by atoms with Crippen molar-refractivity contribution in [1.82, 2.24) is 14.1 Å². The zero-order valence-electron chi connectivity index (χ0n) is 23.6. The van der Waals surface area contributed by atoms with Gasteiger partial charge in [-0.05, 0) is 50.2 Å². The molecule has 11 nitrogen and oxygen atoms in total. The van der Waals surface area contributed by atoms with Gasteiger partial charge in [0.1, 0.15) is 22.9 Å². The zero-order valence-corrected chi connectivity index (χ0v) is 24.4. The predicted octanol–water partition coefficient (Wildman–Crippen LogP) is 3.65. The Balaban J connectivity index is 1.48. The van der Waals surface area contributed by atoms with Crippen molar-refractivity contribution >= 4 is 27.5 Å². The third-order valence-corrected chi connectivity index (χ3v) is 9.66. The lowest BCUT2D eigenvalue weighted by atomic mass is 9.74. The second kappa shape index (κ2) is 11.9. The molecule has 2 N–H and O–H groups in total. The molecule has 1 aliphatic heterocycles. The summed E-state index contributed by atoms with van der Waals surface area (Å²) in [5.74, 6) is 0.482. The van der Waals surface area contributed by atoms with Crippen molar-refractivity contribution in [2.45, 2.75) is 57.9 Å². The van der Waals surface area contributed by atoms with Gasteiger partial charge in [0.25, 0.3) is 5.56 Å². The first-order valence-corrected chi connectivity index (χ1v) is 15.0. The number of methoxy groups -OCH3 is 1. The number of carbonyl (C=O) groups is 1. The molecule has 0 radical (unpaired) electrons. The third-order valence-electron chi connectivity index (χ3n) is 8.36. The van der Waals surface area contributed by atoms with Gasteiger partial charge in [-0.2, -0.15) is 0 Å².